The number of amides is 1. The summed E-state index contributed by atoms with van der Waals surface area (Å²) in [6.45, 7) is 2.12. The minimum atomic E-state index is -0.552. The highest BCUT2D eigenvalue weighted by Crippen LogP contribution is 2.61. The number of aromatic nitrogens is 1. The number of hydrogen-bond acceptors (Lipinski definition) is 2. The van der Waals surface area contributed by atoms with Crippen molar-refractivity contribution < 1.29 is 4.79 Å². The van der Waals surface area contributed by atoms with Crippen LogP contribution in [0, 0.1) is 5.41 Å². The lowest BCUT2D eigenvalue weighted by Gasteiger charge is -2.50. The molecule has 3 aliphatic carbocycles. The minimum absolute atomic E-state index is 0.0323. The van der Waals surface area contributed by atoms with Crippen LogP contribution in [0.2, 0.25) is 0 Å². The highest BCUT2D eigenvalue weighted by atomic mass is 16.2. The maximum Gasteiger partial charge on any atom is 0.232 e. The molecular weight excluding hydrogens is 440 g/mol. The maximum absolute atomic E-state index is 13.9. The van der Waals surface area contributed by atoms with E-state index in [4.69, 9.17) is 0 Å². The summed E-state index contributed by atoms with van der Waals surface area (Å²) in [5, 5.41) is 5.56. The quantitative estimate of drug-likeness (QED) is 0.299. The molecule has 0 radical (unpaired) electrons. The summed E-state index contributed by atoms with van der Waals surface area (Å²) in [5.41, 5.74) is 6.92. The van der Waals surface area contributed by atoms with Crippen LogP contribution in [0.15, 0.2) is 109 Å². The molecule has 0 fully saturated rings. The fraction of sp³-hybridized carbons (Fsp3) is 0.152. The van der Waals surface area contributed by atoms with Gasteiger partial charge in [-0.25, -0.2) is 4.98 Å². The monoisotopic (exact) mass is 466 g/mol. The summed E-state index contributed by atoms with van der Waals surface area (Å²) in [7, 11) is 0. The first-order valence-corrected chi connectivity index (χ1v) is 12.6. The predicted octanol–water partition coefficient (Wildman–Crippen LogP) is 7.53. The van der Waals surface area contributed by atoms with Gasteiger partial charge in [-0.05, 0) is 64.1 Å². The minimum Gasteiger partial charge on any atom is -0.310 e. The van der Waals surface area contributed by atoms with E-state index in [1.165, 1.54) is 33.0 Å². The molecule has 0 saturated heterocycles. The van der Waals surface area contributed by atoms with Crippen molar-refractivity contribution in [3.05, 3.63) is 132 Å². The van der Waals surface area contributed by atoms with Crippen LogP contribution in [-0.4, -0.2) is 10.9 Å². The topological polar surface area (TPSA) is 42.0 Å². The molecule has 0 spiro atoms. The SMILES string of the molecule is CC1(C(=O)Nc2ccc(-c3cccc4ccccc34)cn2)CC2c3ccccc3C1c1ccccc12. The number of anilines is 1. The van der Waals surface area contributed by atoms with E-state index in [1.807, 2.05) is 18.3 Å². The Hall–Kier alpha value is -4.24. The Bertz CT molecular complexity index is 1590. The molecule has 3 heteroatoms. The van der Waals surface area contributed by atoms with Crippen LogP contribution in [0.5, 0.6) is 0 Å². The number of fused-ring (bicyclic) bond motifs is 2. The molecular formula is C33H26N2O. The lowest BCUT2D eigenvalue weighted by Crippen LogP contribution is -2.47. The largest absolute Gasteiger partial charge is 0.310 e. The summed E-state index contributed by atoms with van der Waals surface area (Å²) >= 11 is 0. The lowest BCUT2D eigenvalue weighted by atomic mass is 9.52. The molecule has 3 nitrogen and oxygen atoms in total. The zero-order valence-electron chi connectivity index (χ0n) is 20.1. The molecule has 1 heterocycles. The average molecular weight is 467 g/mol. The summed E-state index contributed by atoms with van der Waals surface area (Å²) in [6.07, 6.45) is 2.66. The van der Waals surface area contributed by atoms with Crippen LogP contribution < -0.4 is 5.32 Å². The molecule has 174 valence electrons. The normalized spacial score (nSPS) is 21.6. The fourth-order valence-electron chi connectivity index (χ4n) is 6.55. The van der Waals surface area contributed by atoms with Gasteiger partial charge in [0.2, 0.25) is 5.91 Å². The predicted molar refractivity (Wildman–Crippen MR) is 145 cm³/mol. The van der Waals surface area contributed by atoms with E-state index in [1.54, 1.807) is 0 Å². The molecule has 4 aromatic carbocycles. The third-order valence-corrected chi connectivity index (χ3v) is 8.25. The second-order valence-corrected chi connectivity index (χ2v) is 10.3. The molecule has 8 rings (SSSR count). The van der Waals surface area contributed by atoms with Crippen LogP contribution in [0.1, 0.15) is 47.4 Å². The van der Waals surface area contributed by atoms with Gasteiger partial charge in [0.05, 0.1) is 5.41 Å². The van der Waals surface area contributed by atoms with Gasteiger partial charge in [0.15, 0.2) is 0 Å². The van der Waals surface area contributed by atoms with Crippen LogP contribution in [0.4, 0.5) is 5.82 Å². The smallest absolute Gasteiger partial charge is 0.232 e. The molecule has 1 atom stereocenters. The van der Waals surface area contributed by atoms with Crippen LogP contribution >= 0.6 is 0 Å². The Balaban J connectivity index is 1.21. The van der Waals surface area contributed by atoms with Crippen LogP contribution in [0.3, 0.4) is 0 Å². The number of carbonyl (C=O) groups is 1. The van der Waals surface area contributed by atoms with Crippen molar-refractivity contribution in [3.63, 3.8) is 0 Å². The Kier molecular flexibility index (Phi) is 4.62. The highest BCUT2D eigenvalue weighted by Gasteiger charge is 2.53. The number of carbonyl (C=O) groups excluding carboxylic acids is 1. The van der Waals surface area contributed by atoms with Crippen molar-refractivity contribution in [3.8, 4) is 11.1 Å². The third-order valence-electron chi connectivity index (χ3n) is 8.25. The molecule has 1 unspecified atom stereocenters. The number of rotatable bonds is 3. The molecule has 5 aromatic rings. The zero-order valence-corrected chi connectivity index (χ0v) is 20.1. The Morgan fingerprint density at radius 1 is 0.778 bits per heavy atom. The number of pyridine rings is 1. The highest BCUT2D eigenvalue weighted by molar-refractivity contribution is 5.98. The van der Waals surface area contributed by atoms with Gasteiger partial charge in [-0.3, -0.25) is 4.79 Å². The van der Waals surface area contributed by atoms with E-state index in [0.29, 0.717) is 5.82 Å². The van der Waals surface area contributed by atoms with Crippen molar-refractivity contribution in [1.82, 2.24) is 4.98 Å². The van der Waals surface area contributed by atoms with Crippen molar-refractivity contribution in [2.45, 2.75) is 25.2 Å². The van der Waals surface area contributed by atoms with Gasteiger partial charge >= 0.3 is 0 Å². The van der Waals surface area contributed by atoms with Crippen molar-refractivity contribution in [2.24, 2.45) is 5.41 Å². The molecule has 0 aliphatic heterocycles. The molecule has 3 aliphatic rings. The Morgan fingerprint density at radius 3 is 2.11 bits per heavy atom. The van der Waals surface area contributed by atoms with Gasteiger partial charge in [-0.2, -0.15) is 0 Å². The first-order chi connectivity index (χ1) is 17.6. The molecule has 36 heavy (non-hydrogen) atoms. The second-order valence-electron chi connectivity index (χ2n) is 10.3. The average Bonchev–Trinajstić information content (AvgIpc) is 2.93. The number of nitrogens with zero attached hydrogens (tertiary/aromatic N) is 1. The fourth-order valence-corrected chi connectivity index (χ4v) is 6.55. The first kappa shape index (κ1) is 21.1. The summed E-state index contributed by atoms with van der Waals surface area (Å²) in [4.78, 5) is 18.5. The summed E-state index contributed by atoms with van der Waals surface area (Å²) in [6, 6.07) is 35.9. The van der Waals surface area contributed by atoms with E-state index < -0.39 is 5.41 Å². The van der Waals surface area contributed by atoms with Crippen molar-refractivity contribution >= 4 is 22.5 Å². The van der Waals surface area contributed by atoms with Gasteiger partial charge in [0.25, 0.3) is 0 Å². The number of hydrogen-bond donors (Lipinski definition) is 1. The summed E-state index contributed by atoms with van der Waals surface area (Å²) in [5.74, 6) is 0.893. The van der Waals surface area contributed by atoms with E-state index in [2.05, 4.69) is 108 Å². The van der Waals surface area contributed by atoms with E-state index >= 15 is 0 Å². The van der Waals surface area contributed by atoms with Gasteiger partial charge in [0, 0.05) is 23.6 Å². The number of nitrogens with one attached hydrogen (secondary N) is 1. The maximum atomic E-state index is 13.9. The van der Waals surface area contributed by atoms with E-state index in [0.717, 1.165) is 17.5 Å². The standard InChI is InChI=1S/C33H26N2O/c1-33(19-29-25-12-4-6-14-27(25)31(33)28-15-7-5-13-26(28)29)32(36)35-30-18-17-22(20-34-30)24-16-8-10-21-9-2-3-11-23(21)24/h2-18,20,29,31H,19H2,1H3,(H,34,35,36). The molecule has 1 aromatic heterocycles. The molecule has 1 amide bonds. The van der Waals surface area contributed by atoms with Crippen molar-refractivity contribution in [1.29, 1.82) is 0 Å². The van der Waals surface area contributed by atoms with Gasteiger partial charge in [-0.15, -0.1) is 0 Å². The van der Waals surface area contributed by atoms with E-state index in [-0.39, 0.29) is 17.7 Å². The van der Waals surface area contributed by atoms with Gasteiger partial charge in [0.1, 0.15) is 5.82 Å². The van der Waals surface area contributed by atoms with Crippen LogP contribution in [-0.2, 0) is 4.79 Å². The third kappa shape index (κ3) is 3.06. The Morgan fingerprint density at radius 2 is 1.42 bits per heavy atom. The summed E-state index contributed by atoms with van der Waals surface area (Å²) < 4.78 is 0. The lowest BCUT2D eigenvalue weighted by molar-refractivity contribution is -0.126. The van der Waals surface area contributed by atoms with Crippen LogP contribution in [0.25, 0.3) is 21.9 Å². The molecule has 2 bridgehead atoms. The second kappa shape index (κ2) is 7.89. The molecule has 0 saturated carbocycles. The van der Waals surface area contributed by atoms with Gasteiger partial charge in [-0.1, -0.05) is 91.0 Å². The molecule has 1 N–H and O–H groups in total. The Labute approximate surface area is 210 Å². The van der Waals surface area contributed by atoms with Crippen molar-refractivity contribution in [2.75, 3.05) is 5.32 Å². The van der Waals surface area contributed by atoms with Gasteiger partial charge < -0.3 is 5.32 Å². The number of benzene rings is 4. The first-order valence-electron chi connectivity index (χ1n) is 12.6. The zero-order chi connectivity index (χ0) is 24.3. The van der Waals surface area contributed by atoms with E-state index in [9.17, 15) is 4.79 Å².